The van der Waals surface area contributed by atoms with Crippen molar-refractivity contribution < 1.29 is 4.79 Å². The van der Waals surface area contributed by atoms with Gasteiger partial charge in [-0.25, -0.2) is 4.98 Å². The van der Waals surface area contributed by atoms with Gasteiger partial charge in [-0.05, 0) is 37.1 Å². The molecule has 0 atom stereocenters. The number of likely N-dealkylation sites (tertiary alicyclic amines) is 1. The third kappa shape index (κ3) is 3.59. The summed E-state index contributed by atoms with van der Waals surface area (Å²) in [5, 5.41) is 8.61. The molecule has 0 bridgehead atoms. The predicted octanol–water partition coefficient (Wildman–Crippen LogP) is 2.11. The maximum absolute atomic E-state index is 12.8. The summed E-state index contributed by atoms with van der Waals surface area (Å²) in [5.74, 6) is 0.808. The quantitative estimate of drug-likeness (QED) is 0.771. The Morgan fingerprint density at radius 3 is 2.52 bits per heavy atom. The van der Waals surface area contributed by atoms with Crippen molar-refractivity contribution in [2.75, 3.05) is 13.1 Å². The van der Waals surface area contributed by atoms with Crippen LogP contribution in [0.15, 0.2) is 48.8 Å². The minimum absolute atomic E-state index is 0.0429. The number of imidazole rings is 1. The lowest BCUT2D eigenvalue weighted by molar-refractivity contribution is 0.0715. The SMILES string of the molecule is Cn1ccnc1-c1ccc(-c2cccc(C(=O)N3CCC(N)CC3)c2)nn1. The number of carbonyl (C=O) groups excluding carboxylic acids is 1. The summed E-state index contributed by atoms with van der Waals surface area (Å²) < 4.78 is 1.90. The summed E-state index contributed by atoms with van der Waals surface area (Å²) in [6.45, 7) is 1.42. The van der Waals surface area contributed by atoms with E-state index in [0.29, 0.717) is 24.3 Å². The summed E-state index contributed by atoms with van der Waals surface area (Å²) in [6.07, 6.45) is 5.30. The second-order valence-electron chi connectivity index (χ2n) is 6.88. The highest BCUT2D eigenvalue weighted by Gasteiger charge is 2.22. The van der Waals surface area contributed by atoms with Crippen molar-refractivity contribution in [2.45, 2.75) is 18.9 Å². The molecule has 2 N–H and O–H groups in total. The highest BCUT2D eigenvalue weighted by molar-refractivity contribution is 5.95. The Morgan fingerprint density at radius 1 is 1.11 bits per heavy atom. The molecule has 0 saturated carbocycles. The summed E-state index contributed by atoms with van der Waals surface area (Å²) in [4.78, 5) is 18.9. The smallest absolute Gasteiger partial charge is 0.253 e. The topological polar surface area (TPSA) is 89.9 Å². The first-order chi connectivity index (χ1) is 13.1. The van der Waals surface area contributed by atoms with Crippen LogP contribution in [0.3, 0.4) is 0 Å². The molecule has 138 valence electrons. The molecule has 0 radical (unpaired) electrons. The second-order valence-corrected chi connectivity index (χ2v) is 6.88. The van der Waals surface area contributed by atoms with E-state index in [-0.39, 0.29) is 11.9 Å². The molecule has 27 heavy (non-hydrogen) atoms. The number of piperidine rings is 1. The van der Waals surface area contributed by atoms with Crippen molar-refractivity contribution >= 4 is 5.91 Å². The molecule has 1 aliphatic heterocycles. The molecule has 2 aromatic heterocycles. The van der Waals surface area contributed by atoms with Crippen LogP contribution in [0, 0.1) is 0 Å². The van der Waals surface area contributed by atoms with Crippen LogP contribution in [0.4, 0.5) is 0 Å². The number of hydrogen-bond donors (Lipinski definition) is 1. The van der Waals surface area contributed by atoms with Gasteiger partial charge in [-0.3, -0.25) is 4.79 Å². The molecule has 0 spiro atoms. The van der Waals surface area contributed by atoms with Gasteiger partial charge in [0.1, 0.15) is 5.69 Å². The first-order valence-corrected chi connectivity index (χ1v) is 9.08. The Kier molecular flexibility index (Phi) is 4.68. The average Bonchev–Trinajstić information content (AvgIpc) is 3.14. The molecular weight excluding hydrogens is 340 g/mol. The number of benzene rings is 1. The molecule has 4 rings (SSSR count). The van der Waals surface area contributed by atoms with Gasteiger partial charge < -0.3 is 15.2 Å². The third-order valence-electron chi connectivity index (χ3n) is 4.95. The summed E-state index contributed by atoms with van der Waals surface area (Å²) in [6, 6.07) is 11.5. The Bertz CT molecular complexity index is 941. The van der Waals surface area contributed by atoms with Crippen molar-refractivity contribution in [1.29, 1.82) is 0 Å². The van der Waals surface area contributed by atoms with Crippen molar-refractivity contribution in [3.8, 4) is 22.8 Å². The molecule has 1 saturated heterocycles. The minimum atomic E-state index is 0.0429. The molecule has 1 fully saturated rings. The monoisotopic (exact) mass is 362 g/mol. The maximum Gasteiger partial charge on any atom is 0.253 e. The molecular formula is C20H22N6O. The van der Waals surface area contributed by atoms with Gasteiger partial charge in [0.15, 0.2) is 5.82 Å². The van der Waals surface area contributed by atoms with Crippen LogP contribution in [-0.4, -0.2) is 49.7 Å². The first kappa shape index (κ1) is 17.4. The number of carbonyl (C=O) groups is 1. The van der Waals surface area contributed by atoms with Crippen LogP contribution in [0.25, 0.3) is 22.8 Å². The van der Waals surface area contributed by atoms with E-state index in [1.165, 1.54) is 0 Å². The number of nitrogens with zero attached hydrogens (tertiary/aromatic N) is 5. The average molecular weight is 362 g/mol. The van der Waals surface area contributed by atoms with Gasteiger partial charge in [0.2, 0.25) is 0 Å². The molecule has 1 aliphatic rings. The van der Waals surface area contributed by atoms with Crippen LogP contribution in [-0.2, 0) is 7.05 Å². The van der Waals surface area contributed by atoms with Crippen molar-refractivity contribution in [1.82, 2.24) is 24.6 Å². The number of nitrogens with two attached hydrogens (primary N) is 1. The third-order valence-corrected chi connectivity index (χ3v) is 4.95. The summed E-state index contributed by atoms with van der Waals surface area (Å²) in [7, 11) is 1.92. The fraction of sp³-hybridized carbons (Fsp3) is 0.300. The molecule has 1 aromatic carbocycles. The fourth-order valence-corrected chi connectivity index (χ4v) is 3.31. The summed E-state index contributed by atoms with van der Waals surface area (Å²) in [5.41, 5.74) is 8.90. The molecule has 3 heterocycles. The summed E-state index contributed by atoms with van der Waals surface area (Å²) >= 11 is 0. The highest BCUT2D eigenvalue weighted by Crippen LogP contribution is 2.22. The van der Waals surface area contributed by atoms with E-state index < -0.39 is 0 Å². The minimum Gasteiger partial charge on any atom is -0.339 e. The predicted molar refractivity (Wildman–Crippen MR) is 103 cm³/mol. The number of hydrogen-bond acceptors (Lipinski definition) is 5. The van der Waals surface area contributed by atoms with Gasteiger partial charge in [-0.2, -0.15) is 0 Å². The lowest BCUT2D eigenvalue weighted by Gasteiger charge is -2.30. The largest absolute Gasteiger partial charge is 0.339 e. The standard InChI is InChI=1S/C20H22N6O/c1-25-12-9-22-19(25)18-6-5-17(23-24-18)14-3-2-4-15(13-14)20(27)26-10-7-16(21)8-11-26/h2-6,9,12-13,16H,7-8,10-11,21H2,1H3. The number of aryl methyl sites for hydroxylation is 1. The first-order valence-electron chi connectivity index (χ1n) is 9.08. The highest BCUT2D eigenvalue weighted by atomic mass is 16.2. The maximum atomic E-state index is 12.8. The van der Waals surface area contributed by atoms with Crippen molar-refractivity contribution in [3.05, 3.63) is 54.4 Å². The van der Waals surface area contributed by atoms with E-state index in [9.17, 15) is 4.79 Å². The Balaban J connectivity index is 1.55. The van der Waals surface area contributed by atoms with E-state index in [1.807, 2.05) is 59.1 Å². The van der Waals surface area contributed by atoms with Crippen LogP contribution in [0.1, 0.15) is 23.2 Å². The van der Waals surface area contributed by atoms with Gasteiger partial charge in [-0.15, -0.1) is 10.2 Å². The van der Waals surface area contributed by atoms with Crippen molar-refractivity contribution in [3.63, 3.8) is 0 Å². The normalized spacial score (nSPS) is 15.1. The number of amides is 1. The van der Waals surface area contributed by atoms with Crippen LogP contribution in [0.5, 0.6) is 0 Å². The zero-order valence-corrected chi connectivity index (χ0v) is 15.2. The van der Waals surface area contributed by atoms with Crippen LogP contribution >= 0.6 is 0 Å². The molecule has 1 amide bonds. The molecule has 3 aromatic rings. The Morgan fingerprint density at radius 2 is 1.85 bits per heavy atom. The molecule has 0 aliphatic carbocycles. The van der Waals surface area contributed by atoms with E-state index in [2.05, 4.69) is 15.2 Å². The lowest BCUT2D eigenvalue weighted by atomic mass is 10.0. The number of rotatable bonds is 3. The van der Waals surface area contributed by atoms with Gasteiger partial charge in [0.25, 0.3) is 5.91 Å². The van der Waals surface area contributed by atoms with E-state index >= 15 is 0 Å². The molecule has 0 unspecified atom stereocenters. The molecule has 7 heteroatoms. The fourth-order valence-electron chi connectivity index (χ4n) is 3.31. The lowest BCUT2D eigenvalue weighted by Crippen LogP contribution is -2.42. The van der Waals surface area contributed by atoms with Gasteiger partial charge in [0.05, 0.1) is 5.69 Å². The van der Waals surface area contributed by atoms with E-state index in [1.54, 1.807) is 6.20 Å². The molecule has 7 nitrogen and oxygen atoms in total. The second kappa shape index (κ2) is 7.28. The van der Waals surface area contributed by atoms with E-state index in [0.717, 1.165) is 29.9 Å². The van der Waals surface area contributed by atoms with Crippen LogP contribution in [0.2, 0.25) is 0 Å². The Hall–Kier alpha value is -3.06. The Labute approximate surface area is 157 Å². The zero-order chi connectivity index (χ0) is 18.8. The van der Waals surface area contributed by atoms with Crippen LogP contribution < -0.4 is 5.73 Å². The van der Waals surface area contributed by atoms with E-state index in [4.69, 9.17) is 5.73 Å². The zero-order valence-electron chi connectivity index (χ0n) is 15.2. The number of aromatic nitrogens is 4. The van der Waals surface area contributed by atoms with Gasteiger partial charge in [0, 0.05) is 49.7 Å². The van der Waals surface area contributed by atoms with Gasteiger partial charge >= 0.3 is 0 Å². The van der Waals surface area contributed by atoms with Gasteiger partial charge in [-0.1, -0.05) is 12.1 Å². The van der Waals surface area contributed by atoms with Crippen molar-refractivity contribution in [2.24, 2.45) is 12.8 Å².